The van der Waals surface area contributed by atoms with Crippen molar-refractivity contribution in [3.8, 4) is 0 Å². The molecule has 1 aliphatic rings. The molecule has 0 saturated carbocycles. The summed E-state index contributed by atoms with van der Waals surface area (Å²) in [5.41, 5.74) is 5.31. The van der Waals surface area contributed by atoms with E-state index in [9.17, 15) is 0 Å². The van der Waals surface area contributed by atoms with Crippen LogP contribution in [0.3, 0.4) is 0 Å². The summed E-state index contributed by atoms with van der Waals surface area (Å²) in [5, 5.41) is 0. The van der Waals surface area contributed by atoms with E-state index in [1.807, 2.05) is 11.8 Å². The van der Waals surface area contributed by atoms with Crippen LogP contribution in [0, 0.1) is 5.92 Å². The molecule has 1 nitrogen and oxygen atoms in total. The van der Waals surface area contributed by atoms with Gasteiger partial charge in [0.1, 0.15) is 0 Å². The molecule has 52 valence electrons. The number of rotatable bonds is 2. The van der Waals surface area contributed by atoms with E-state index < -0.39 is 0 Å². The Morgan fingerprint density at radius 3 is 3.11 bits per heavy atom. The van der Waals surface area contributed by atoms with Gasteiger partial charge in [-0.15, -0.1) is 0 Å². The molecule has 1 saturated heterocycles. The summed E-state index contributed by atoms with van der Waals surface area (Å²) in [4.78, 5) is 0. The van der Waals surface area contributed by atoms with E-state index in [0.29, 0.717) is 6.54 Å². The minimum Gasteiger partial charge on any atom is -0.327 e. The monoisotopic (exact) mass is 143 g/mol. The Balaban J connectivity index is 2.18. The second-order valence-corrected chi connectivity index (χ2v) is 3.44. The average molecular weight is 143 g/mol. The quantitative estimate of drug-likeness (QED) is 0.589. The predicted octanol–water partition coefficient (Wildman–Crippen LogP) is 1.25. The maximum atomic E-state index is 5.31. The minimum atomic E-state index is 0.696. The zero-order chi connectivity index (χ0) is 6.53. The van der Waals surface area contributed by atoms with Crippen molar-refractivity contribution >= 4 is 11.8 Å². The molecular formula is C7H13NS. The Hall–Kier alpha value is 0.0500. The molecule has 0 aromatic heterocycles. The van der Waals surface area contributed by atoms with Gasteiger partial charge in [-0.05, 0) is 23.8 Å². The van der Waals surface area contributed by atoms with Crippen molar-refractivity contribution in [3.05, 3.63) is 12.2 Å². The van der Waals surface area contributed by atoms with Gasteiger partial charge in [-0.2, -0.15) is 11.8 Å². The predicted molar refractivity (Wildman–Crippen MR) is 43.6 cm³/mol. The second kappa shape index (κ2) is 3.96. The van der Waals surface area contributed by atoms with Gasteiger partial charge in [0.25, 0.3) is 0 Å². The fourth-order valence-corrected chi connectivity index (χ4v) is 2.19. The molecule has 0 amide bonds. The summed E-state index contributed by atoms with van der Waals surface area (Å²) in [7, 11) is 0. The number of hydrogen-bond donors (Lipinski definition) is 1. The highest BCUT2D eigenvalue weighted by Crippen LogP contribution is 2.23. The zero-order valence-electron chi connectivity index (χ0n) is 5.55. The van der Waals surface area contributed by atoms with E-state index in [2.05, 4.69) is 12.2 Å². The van der Waals surface area contributed by atoms with Crippen molar-refractivity contribution in [2.24, 2.45) is 11.7 Å². The third kappa shape index (κ3) is 2.41. The Morgan fingerprint density at radius 2 is 2.56 bits per heavy atom. The zero-order valence-corrected chi connectivity index (χ0v) is 6.36. The third-order valence-corrected chi connectivity index (χ3v) is 2.70. The summed E-state index contributed by atoms with van der Waals surface area (Å²) in [5.74, 6) is 3.45. The molecule has 0 aromatic carbocycles. The summed E-state index contributed by atoms with van der Waals surface area (Å²) in [6.07, 6.45) is 5.66. The standard InChI is InChI=1S/C7H13NS/c8-4-1-2-7-3-5-9-6-7/h1-2,7H,3-6,8H2/b2-1+. The molecule has 1 atom stereocenters. The second-order valence-electron chi connectivity index (χ2n) is 2.29. The first-order valence-electron chi connectivity index (χ1n) is 3.38. The molecule has 2 N–H and O–H groups in total. The molecule has 0 aliphatic carbocycles. The average Bonchev–Trinajstić information content (AvgIpc) is 2.34. The van der Waals surface area contributed by atoms with Gasteiger partial charge in [-0.25, -0.2) is 0 Å². The SMILES string of the molecule is NC/C=C/C1CCSC1. The van der Waals surface area contributed by atoms with Crippen LogP contribution >= 0.6 is 11.8 Å². The molecule has 1 unspecified atom stereocenters. The van der Waals surface area contributed by atoms with Gasteiger partial charge in [0, 0.05) is 6.54 Å². The highest BCUT2D eigenvalue weighted by atomic mass is 32.2. The van der Waals surface area contributed by atoms with Crippen molar-refractivity contribution < 1.29 is 0 Å². The maximum Gasteiger partial charge on any atom is 0.0106 e. The minimum absolute atomic E-state index is 0.696. The van der Waals surface area contributed by atoms with Crippen molar-refractivity contribution in [2.75, 3.05) is 18.1 Å². The largest absolute Gasteiger partial charge is 0.327 e. The van der Waals surface area contributed by atoms with Gasteiger partial charge in [-0.3, -0.25) is 0 Å². The van der Waals surface area contributed by atoms with Crippen LogP contribution in [-0.2, 0) is 0 Å². The van der Waals surface area contributed by atoms with Crippen LogP contribution in [0.1, 0.15) is 6.42 Å². The molecule has 9 heavy (non-hydrogen) atoms. The Labute approximate surface area is 60.7 Å². The van der Waals surface area contributed by atoms with Crippen molar-refractivity contribution in [1.29, 1.82) is 0 Å². The van der Waals surface area contributed by atoms with Gasteiger partial charge in [0.05, 0.1) is 0 Å². The topological polar surface area (TPSA) is 26.0 Å². The molecule has 0 radical (unpaired) electrons. The van der Waals surface area contributed by atoms with Gasteiger partial charge in [0.2, 0.25) is 0 Å². The third-order valence-electron chi connectivity index (χ3n) is 1.51. The molecule has 1 fully saturated rings. The summed E-state index contributed by atoms with van der Waals surface area (Å²) < 4.78 is 0. The van der Waals surface area contributed by atoms with E-state index in [0.717, 1.165) is 5.92 Å². The number of allylic oxidation sites excluding steroid dienone is 1. The molecule has 0 aromatic rings. The molecule has 1 heterocycles. The molecule has 2 heteroatoms. The lowest BCUT2D eigenvalue weighted by molar-refractivity contribution is 0.745. The first-order valence-corrected chi connectivity index (χ1v) is 4.53. The lowest BCUT2D eigenvalue weighted by atomic mass is 10.1. The van der Waals surface area contributed by atoms with Crippen molar-refractivity contribution in [3.63, 3.8) is 0 Å². The van der Waals surface area contributed by atoms with Crippen LogP contribution in [0.15, 0.2) is 12.2 Å². The Morgan fingerprint density at radius 1 is 1.67 bits per heavy atom. The van der Waals surface area contributed by atoms with Crippen LogP contribution in [0.5, 0.6) is 0 Å². The first-order chi connectivity index (χ1) is 4.43. The van der Waals surface area contributed by atoms with E-state index >= 15 is 0 Å². The van der Waals surface area contributed by atoms with Crippen LogP contribution in [0.2, 0.25) is 0 Å². The Bertz CT molecular complexity index is 95.1. The molecular weight excluding hydrogens is 130 g/mol. The van der Waals surface area contributed by atoms with Crippen molar-refractivity contribution in [1.82, 2.24) is 0 Å². The lowest BCUT2D eigenvalue weighted by Crippen LogP contribution is -1.96. The molecule has 1 rings (SSSR count). The van der Waals surface area contributed by atoms with Crippen LogP contribution in [-0.4, -0.2) is 18.1 Å². The van der Waals surface area contributed by atoms with Crippen molar-refractivity contribution in [2.45, 2.75) is 6.42 Å². The number of hydrogen-bond acceptors (Lipinski definition) is 2. The van der Waals surface area contributed by atoms with Crippen LogP contribution in [0.25, 0.3) is 0 Å². The van der Waals surface area contributed by atoms with Gasteiger partial charge < -0.3 is 5.73 Å². The molecule has 1 aliphatic heterocycles. The van der Waals surface area contributed by atoms with Crippen LogP contribution in [0.4, 0.5) is 0 Å². The fourth-order valence-electron chi connectivity index (χ4n) is 0.976. The van der Waals surface area contributed by atoms with E-state index in [1.165, 1.54) is 17.9 Å². The highest BCUT2D eigenvalue weighted by Gasteiger charge is 2.10. The van der Waals surface area contributed by atoms with E-state index in [-0.39, 0.29) is 0 Å². The number of nitrogens with two attached hydrogens (primary N) is 1. The lowest BCUT2D eigenvalue weighted by Gasteiger charge is -1.96. The normalized spacial score (nSPS) is 27.9. The first kappa shape index (κ1) is 7.16. The summed E-state index contributed by atoms with van der Waals surface area (Å²) in [6, 6.07) is 0. The maximum absolute atomic E-state index is 5.31. The van der Waals surface area contributed by atoms with Gasteiger partial charge in [-0.1, -0.05) is 12.2 Å². The smallest absolute Gasteiger partial charge is 0.0106 e. The van der Waals surface area contributed by atoms with E-state index in [4.69, 9.17) is 5.73 Å². The molecule has 0 bridgehead atoms. The Kier molecular flexibility index (Phi) is 3.15. The van der Waals surface area contributed by atoms with Crippen LogP contribution < -0.4 is 5.73 Å². The van der Waals surface area contributed by atoms with Gasteiger partial charge >= 0.3 is 0 Å². The van der Waals surface area contributed by atoms with Gasteiger partial charge in [0.15, 0.2) is 0 Å². The summed E-state index contributed by atoms with van der Waals surface area (Å²) in [6.45, 7) is 0.696. The summed E-state index contributed by atoms with van der Waals surface area (Å²) >= 11 is 2.04. The van der Waals surface area contributed by atoms with E-state index in [1.54, 1.807) is 0 Å². The fraction of sp³-hybridized carbons (Fsp3) is 0.714. The molecule has 0 spiro atoms. The highest BCUT2D eigenvalue weighted by molar-refractivity contribution is 7.99. The number of thioether (sulfide) groups is 1.